The van der Waals surface area contributed by atoms with Gasteiger partial charge in [-0.15, -0.1) is 0 Å². The first kappa shape index (κ1) is 37.0. The second-order valence-electron chi connectivity index (χ2n) is 16.4. The molecule has 1 unspecified atom stereocenters. The van der Waals surface area contributed by atoms with Crippen LogP contribution >= 0.6 is 0 Å². The summed E-state index contributed by atoms with van der Waals surface area (Å²) in [7, 11) is 0. The number of pyridine rings is 1. The lowest BCUT2D eigenvalue weighted by Crippen LogP contribution is -2.47. The van der Waals surface area contributed by atoms with Gasteiger partial charge < -0.3 is 25.0 Å². The van der Waals surface area contributed by atoms with E-state index in [2.05, 4.69) is 40.0 Å². The van der Waals surface area contributed by atoms with Gasteiger partial charge in [0.15, 0.2) is 17.2 Å². The third-order valence-electron chi connectivity index (χ3n) is 12.7. The number of Topliss-reactive ketones (excluding diaryl/α,β-unsaturated/α-hetero) is 2. The third-order valence-corrected chi connectivity index (χ3v) is 12.7. The molecule has 2 N–H and O–H groups in total. The maximum Gasteiger partial charge on any atom is 0.270 e. The van der Waals surface area contributed by atoms with Gasteiger partial charge in [0.2, 0.25) is 0 Å². The Morgan fingerprint density at radius 1 is 0.860 bits per heavy atom. The number of carbonyl (C=O) groups excluding carboxylic acids is 5. The molecule has 1 aromatic carbocycles. The normalized spacial score (nSPS) is 23.6. The first-order chi connectivity index (χ1) is 27.7. The highest BCUT2D eigenvalue weighted by Gasteiger charge is 2.46. The first-order valence-electron chi connectivity index (χ1n) is 20.4. The standard InChI is InChI=1S/C42H48N10O5/c1-25-4-2-6-32(46-25)40(55)48-28-20-29(21-28)51-24-45-37-38(43-23-44-39(37)51)47-27-13-16-49(17-14-27)15-10-26-11-18-50(19-12-26)34-7-3-5-31-36(34)42(57)52(41(31)56)33-9-8-30(53)22-35(33)54/h2-7,23-24,26-29,33H,8-22H2,1H3,(H,48,55)(H,43,44,47). The Morgan fingerprint density at radius 3 is 2.42 bits per heavy atom. The van der Waals surface area contributed by atoms with E-state index in [-0.39, 0.29) is 48.8 Å². The Balaban J connectivity index is 0.729. The van der Waals surface area contributed by atoms with Crippen LogP contribution in [0.2, 0.25) is 0 Å². The van der Waals surface area contributed by atoms with E-state index < -0.39 is 17.9 Å². The summed E-state index contributed by atoms with van der Waals surface area (Å²) < 4.78 is 2.11. The predicted molar refractivity (Wildman–Crippen MR) is 211 cm³/mol. The molecule has 4 fully saturated rings. The topological polar surface area (TPSA) is 176 Å². The molecule has 57 heavy (non-hydrogen) atoms. The third kappa shape index (κ3) is 7.28. The van der Waals surface area contributed by atoms with Crippen LogP contribution < -0.4 is 15.5 Å². The Hall–Kier alpha value is -5.57. The highest BCUT2D eigenvalue weighted by atomic mass is 16.2. The number of imidazole rings is 1. The number of carbonyl (C=O) groups is 5. The fourth-order valence-electron chi connectivity index (χ4n) is 9.37. The quantitative estimate of drug-likeness (QED) is 0.175. The van der Waals surface area contributed by atoms with Gasteiger partial charge in [-0.2, -0.15) is 0 Å². The largest absolute Gasteiger partial charge is 0.371 e. The Morgan fingerprint density at radius 2 is 1.65 bits per heavy atom. The molecule has 15 heteroatoms. The van der Waals surface area contributed by atoms with E-state index in [4.69, 9.17) is 4.98 Å². The summed E-state index contributed by atoms with van der Waals surface area (Å²) >= 11 is 0. The lowest BCUT2D eigenvalue weighted by atomic mass is 9.86. The molecule has 3 aliphatic heterocycles. The number of ketones is 2. The van der Waals surface area contributed by atoms with Crippen LogP contribution in [-0.4, -0.2) is 114 Å². The fraction of sp³-hybridized carbons (Fsp3) is 0.500. The Bertz CT molecular complexity index is 2230. The van der Waals surface area contributed by atoms with E-state index >= 15 is 0 Å². The van der Waals surface area contributed by atoms with Crippen molar-refractivity contribution < 1.29 is 24.0 Å². The zero-order valence-corrected chi connectivity index (χ0v) is 32.2. The van der Waals surface area contributed by atoms with Crippen molar-refractivity contribution in [2.75, 3.05) is 42.9 Å². The van der Waals surface area contributed by atoms with Crippen LogP contribution in [0.3, 0.4) is 0 Å². The van der Waals surface area contributed by atoms with Crippen LogP contribution in [0.5, 0.6) is 0 Å². The van der Waals surface area contributed by atoms with Crippen molar-refractivity contribution in [3.8, 4) is 0 Å². The Labute approximate surface area is 330 Å². The van der Waals surface area contributed by atoms with Crippen LogP contribution in [0.1, 0.15) is 107 Å². The van der Waals surface area contributed by atoms with Gasteiger partial charge in [-0.3, -0.25) is 28.9 Å². The lowest BCUT2D eigenvalue weighted by Gasteiger charge is -2.37. The molecular weight excluding hydrogens is 725 g/mol. The minimum Gasteiger partial charge on any atom is -0.371 e. The number of aryl methyl sites for hydroxylation is 1. The van der Waals surface area contributed by atoms with Gasteiger partial charge in [0.05, 0.1) is 35.6 Å². The number of benzene rings is 1. The Kier molecular flexibility index (Phi) is 10.0. The van der Waals surface area contributed by atoms with Crippen LogP contribution in [0.25, 0.3) is 11.2 Å². The lowest BCUT2D eigenvalue weighted by molar-refractivity contribution is -0.132. The predicted octanol–water partition coefficient (Wildman–Crippen LogP) is 4.13. The highest BCUT2D eigenvalue weighted by molar-refractivity contribution is 6.25. The molecule has 0 radical (unpaired) electrons. The van der Waals surface area contributed by atoms with E-state index in [0.717, 1.165) is 111 Å². The number of anilines is 2. The number of fused-ring (bicyclic) bond motifs is 2. The molecule has 2 saturated heterocycles. The second-order valence-corrected chi connectivity index (χ2v) is 16.4. The summed E-state index contributed by atoms with van der Waals surface area (Å²) in [4.78, 5) is 88.2. The molecule has 1 atom stereocenters. The second kappa shape index (κ2) is 15.4. The van der Waals surface area contributed by atoms with Gasteiger partial charge >= 0.3 is 0 Å². The number of rotatable bonds is 10. The van der Waals surface area contributed by atoms with Crippen LogP contribution in [0.15, 0.2) is 49.1 Å². The molecule has 4 aromatic rings. The summed E-state index contributed by atoms with van der Waals surface area (Å²) in [6.45, 7) is 6.55. The molecule has 296 valence electrons. The molecule has 3 aromatic heterocycles. The van der Waals surface area contributed by atoms with Crippen molar-refractivity contribution in [3.05, 3.63) is 71.6 Å². The van der Waals surface area contributed by atoms with E-state index in [9.17, 15) is 24.0 Å². The molecule has 6 heterocycles. The van der Waals surface area contributed by atoms with Crippen molar-refractivity contribution in [2.45, 2.75) is 95.3 Å². The number of nitrogens with zero attached hydrogens (tertiary/aromatic N) is 8. The van der Waals surface area contributed by atoms with Crippen molar-refractivity contribution >= 4 is 52.0 Å². The molecule has 3 amide bonds. The minimum atomic E-state index is -0.860. The van der Waals surface area contributed by atoms with E-state index in [1.165, 1.54) is 0 Å². The monoisotopic (exact) mass is 772 g/mol. The van der Waals surface area contributed by atoms with Gasteiger partial charge in [-0.05, 0) is 95.0 Å². The van der Waals surface area contributed by atoms with Crippen molar-refractivity contribution in [3.63, 3.8) is 0 Å². The number of nitrogens with one attached hydrogen (secondary N) is 2. The molecule has 15 nitrogen and oxygen atoms in total. The van der Waals surface area contributed by atoms with Crippen LogP contribution in [0, 0.1) is 12.8 Å². The summed E-state index contributed by atoms with van der Waals surface area (Å²) in [5.41, 5.74) is 4.35. The summed E-state index contributed by atoms with van der Waals surface area (Å²) in [5, 5.41) is 6.77. The number of likely N-dealkylation sites (tertiary alicyclic amines) is 1. The SMILES string of the molecule is Cc1cccc(C(=O)NC2CC(n3cnc4c(NC5CCN(CCC6CCN(c7cccc8c7C(=O)N(C7CCC(=O)CC7=O)C8=O)CC6)CC5)ncnc43)C2)n1. The molecule has 9 rings (SSSR count). The van der Waals surface area contributed by atoms with Gasteiger partial charge in [0.25, 0.3) is 17.7 Å². The summed E-state index contributed by atoms with van der Waals surface area (Å²) in [5.74, 6) is -0.129. The molecule has 2 aliphatic carbocycles. The number of aromatic nitrogens is 5. The first-order valence-corrected chi connectivity index (χ1v) is 20.4. The number of hydrogen-bond acceptors (Lipinski definition) is 12. The van der Waals surface area contributed by atoms with E-state index in [1.807, 2.05) is 37.5 Å². The highest BCUT2D eigenvalue weighted by Crippen LogP contribution is 2.38. The smallest absolute Gasteiger partial charge is 0.270 e. The fourth-order valence-corrected chi connectivity index (χ4v) is 9.37. The van der Waals surface area contributed by atoms with E-state index in [0.29, 0.717) is 28.8 Å². The molecular formula is C42H48N10O5. The zero-order valence-electron chi connectivity index (χ0n) is 32.2. The van der Waals surface area contributed by atoms with Crippen LogP contribution in [0.4, 0.5) is 11.5 Å². The van der Waals surface area contributed by atoms with E-state index in [1.54, 1.807) is 18.5 Å². The van der Waals surface area contributed by atoms with Crippen molar-refractivity contribution in [1.29, 1.82) is 0 Å². The van der Waals surface area contributed by atoms with Gasteiger partial charge in [0, 0.05) is 56.4 Å². The average molecular weight is 773 g/mol. The molecule has 0 bridgehead atoms. The van der Waals surface area contributed by atoms with Gasteiger partial charge in [-0.1, -0.05) is 12.1 Å². The summed E-state index contributed by atoms with van der Waals surface area (Å²) in [6.07, 6.45) is 10.4. The average Bonchev–Trinajstić information content (AvgIpc) is 3.74. The zero-order chi connectivity index (χ0) is 39.2. The number of hydrogen-bond donors (Lipinski definition) is 2. The van der Waals surface area contributed by atoms with Gasteiger partial charge in [-0.25, -0.2) is 19.9 Å². The maximum absolute atomic E-state index is 13.6. The van der Waals surface area contributed by atoms with Gasteiger partial charge in [0.1, 0.15) is 23.3 Å². The molecule has 0 spiro atoms. The number of piperidine rings is 2. The van der Waals surface area contributed by atoms with Crippen molar-refractivity contribution in [2.24, 2.45) is 5.92 Å². The summed E-state index contributed by atoms with van der Waals surface area (Å²) in [6, 6.07) is 10.6. The maximum atomic E-state index is 13.6. The molecule has 5 aliphatic rings. The number of amides is 3. The van der Waals surface area contributed by atoms with Crippen LogP contribution in [-0.2, 0) is 9.59 Å². The minimum absolute atomic E-state index is 0.0817. The number of imide groups is 1. The van der Waals surface area contributed by atoms with Crippen molar-refractivity contribution in [1.82, 2.24) is 39.6 Å². The molecule has 2 saturated carbocycles.